The van der Waals surface area contributed by atoms with E-state index >= 15 is 0 Å². The number of rotatable bonds is 4. The van der Waals surface area contributed by atoms with Gasteiger partial charge < -0.3 is 4.74 Å². The number of para-hydroxylation sites is 1. The fourth-order valence-corrected chi connectivity index (χ4v) is 3.13. The fraction of sp³-hybridized carbons (Fsp3) is 0.294. The third kappa shape index (κ3) is 2.84. The van der Waals surface area contributed by atoms with Gasteiger partial charge in [0, 0.05) is 11.2 Å². The summed E-state index contributed by atoms with van der Waals surface area (Å²) in [7, 11) is 0. The van der Waals surface area contributed by atoms with Gasteiger partial charge in [-0.1, -0.05) is 64.5 Å². The molecule has 0 spiro atoms. The Hall–Kier alpha value is -1.28. The highest BCUT2D eigenvalue weighted by molar-refractivity contribution is 9.09. The quantitative estimate of drug-likeness (QED) is 0.743. The Bertz CT molecular complexity index is 550. The Balaban J connectivity index is 1.69. The number of fused-ring (bicyclic) bond motifs is 1. The van der Waals surface area contributed by atoms with Crippen molar-refractivity contribution >= 4 is 15.9 Å². The first-order valence-corrected chi connectivity index (χ1v) is 7.69. The minimum atomic E-state index is 0.408. The van der Waals surface area contributed by atoms with Crippen molar-refractivity contribution in [3.8, 4) is 5.75 Å². The lowest BCUT2D eigenvalue weighted by atomic mass is 10.0. The van der Waals surface area contributed by atoms with Gasteiger partial charge in [0.25, 0.3) is 0 Å². The molecule has 0 aliphatic carbocycles. The summed E-state index contributed by atoms with van der Waals surface area (Å²) >= 11 is 3.78. The summed E-state index contributed by atoms with van der Waals surface area (Å²) in [4.78, 5) is 0.408. The van der Waals surface area contributed by atoms with Crippen LogP contribution in [-0.4, -0.2) is 6.61 Å². The standard InChI is InChI=1S/C17H17BrO/c18-16(13-5-2-1-3-6-13)10-9-14-7-4-8-15-11-12-19-17(14)15/h1-8,16H,9-12H2. The Kier molecular flexibility index (Phi) is 3.88. The van der Waals surface area contributed by atoms with Crippen molar-refractivity contribution in [2.75, 3.05) is 6.61 Å². The summed E-state index contributed by atoms with van der Waals surface area (Å²) in [6.07, 6.45) is 3.19. The maximum Gasteiger partial charge on any atom is 0.125 e. The third-order valence-corrected chi connectivity index (χ3v) is 4.61. The molecule has 1 unspecified atom stereocenters. The van der Waals surface area contributed by atoms with Crippen LogP contribution in [0.2, 0.25) is 0 Å². The predicted molar refractivity (Wildman–Crippen MR) is 82.1 cm³/mol. The molecule has 0 bridgehead atoms. The van der Waals surface area contributed by atoms with E-state index in [0.717, 1.165) is 31.6 Å². The van der Waals surface area contributed by atoms with Gasteiger partial charge in [0.15, 0.2) is 0 Å². The van der Waals surface area contributed by atoms with Crippen LogP contribution in [-0.2, 0) is 12.8 Å². The van der Waals surface area contributed by atoms with Crippen molar-refractivity contribution in [3.63, 3.8) is 0 Å². The predicted octanol–water partition coefficient (Wildman–Crippen LogP) is 4.69. The topological polar surface area (TPSA) is 9.23 Å². The number of hydrogen-bond acceptors (Lipinski definition) is 1. The molecule has 1 heterocycles. The van der Waals surface area contributed by atoms with Gasteiger partial charge in [-0.2, -0.15) is 0 Å². The average Bonchev–Trinajstić information content (AvgIpc) is 2.94. The van der Waals surface area contributed by atoms with E-state index in [2.05, 4.69) is 64.5 Å². The van der Waals surface area contributed by atoms with Crippen LogP contribution in [0.5, 0.6) is 5.75 Å². The number of ether oxygens (including phenoxy) is 1. The summed E-state index contributed by atoms with van der Waals surface area (Å²) in [5.74, 6) is 1.13. The molecule has 0 saturated carbocycles. The van der Waals surface area contributed by atoms with Crippen molar-refractivity contribution in [1.82, 2.24) is 0 Å². The fourth-order valence-electron chi connectivity index (χ4n) is 2.59. The summed E-state index contributed by atoms with van der Waals surface area (Å²) < 4.78 is 5.75. The molecule has 3 rings (SSSR count). The highest BCUT2D eigenvalue weighted by Gasteiger charge is 2.16. The van der Waals surface area contributed by atoms with Crippen LogP contribution in [0.15, 0.2) is 48.5 Å². The zero-order valence-electron chi connectivity index (χ0n) is 10.8. The molecule has 1 nitrogen and oxygen atoms in total. The van der Waals surface area contributed by atoms with Crippen LogP contribution < -0.4 is 4.74 Å². The molecule has 0 saturated heterocycles. The zero-order valence-corrected chi connectivity index (χ0v) is 12.4. The van der Waals surface area contributed by atoms with Crippen molar-refractivity contribution in [2.45, 2.75) is 24.1 Å². The van der Waals surface area contributed by atoms with Crippen LogP contribution in [0, 0.1) is 0 Å². The lowest BCUT2D eigenvalue weighted by molar-refractivity contribution is 0.353. The molecule has 2 aromatic carbocycles. The molecule has 1 atom stereocenters. The molecule has 2 heteroatoms. The first-order valence-electron chi connectivity index (χ1n) is 6.77. The normalized spacial score (nSPS) is 14.8. The van der Waals surface area contributed by atoms with Gasteiger partial charge in [-0.25, -0.2) is 0 Å². The van der Waals surface area contributed by atoms with Crippen LogP contribution in [0.1, 0.15) is 27.9 Å². The van der Waals surface area contributed by atoms with Crippen LogP contribution >= 0.6 is 15.9 Å². The van der Waals surface area contributed by atoms with E-state index in [1.54, 1.807) is 0 Å². The highest BCUT2D eigenvalue weighted by Crippen LogP contribution is 2.33. The second kappa shape index (κ2) is 5.79. The van der Waals surface area contributed by atoms with Gasteiger partial charge in [-0.05, 0) is 29.5 Å². The van der Waals surface area contributed by atoms with Gasteiger partial charge >= 0.3 is 0 Å². The van der Waals surface area contributed by atoms with Crippen LogP contribution in [0.3, 0.4) is 0 Å². The smallest absolute Gasteiger partial charge is 0.125 e. The van der Waals surface area contributed by atoms with Crippen LogP contribution in [0.4, 0.5) is 0 Å². The molecular formula is C17H17BrO. The second-order valence-electron chi connectivity index (χ2n) is 4.92. The van der Waals surface area contributed by atoms with Gasteiger partial charge in [0.1, 0.15) is 5.75 Å². The molecule has 1 aliphatic rings. The monoisotopic (exact) mass is 316 g/mol. The van der Waals surface area contributed by atoms with Crippen LogP contribution in [0.25, 0.3) is 0 Å². The zero-order chi connectivity index (χ0) is 13.1. The molecular weight excluding hydrogens is 300 g/mol. The Morgan fingerprint density at radius 2 is 1.89 bits per heavy atom. The van der Waals surface area contributed by atoms with E-state index in [9.17, 15) is 0 Å². The molecule has 0 N–H and O–H groups in total. The molecule has 0 radical (unpaired) electrons. The number of hydrogen-bond donors (Lipinski definition) is 0. The molecule has 1 aliphatic heterocycles. The number of aryl methyl sites for hydroxylation is 1. The largest absolute Gasteiger partial charge is 0.493 e. The summed E-state index contributed by atoms with van der Waals surface area (Å²) in [5.41, 5.74) is 4.05. The summed E-state index contributed by atoms with van der Waals surface area (Å²) in [6, 6.07) is 17.1. The Labute approximate surface area is 122 Å². The molecule has 19 heavy (non-hydrogen) atoms. The van der Waals surface area contributed by atoms with Gasteiger partial charge in [0.05, 0.1) is 6.61 Å². The highest BCUT2D eigenvalue weighted by atomic mass is 79.9. The Morgan fingerprint density at radius 3 is 2.74 bits per heavy atom. The number of halogens is 1. The Morgan fingerprint density at radius 1 is 1.05 bits per heavy atom. The van der Waals surface area contributed by atoms with E-state index in [1.165, 1.54) is 16.7 Å². The van der Waals surface area contributed by atoms with Crippen molar-refractivity contribution in [1.29, 1.82) is 0 Å². The average molecular weight is 317 g/mol. The lowest BCUT2D eigenvalue weighted by Crippen LogP contribution is -1.96. The van der Waals surface area contributed by atoms with Crippen molar-refractivity contribution < 1.29 is 4.74 Å². The minimum Gasteiger partial charge on any atom is -0.493 e. The first kappa shape index (κ1) is 12.7. The maximum atomic E-state index is 5.75. The molecule has 0 fully saturated rings. The maximum absolute atomic E-state index is 5.75. The minimum absolute atomic E-state index is 0.408. The molecule has 2 aromatic rings. The number of alkyl halides is 1. The lowest BCUT2D eigenvalue weighted by Gasteiger charge is -2.12. The van der Waals surface area contributed by atoms with Crippen molar-refractivity contribution in [2.24, 2.45) is 0 Å². The van der Waals surface area contributed by atoms with E-state index in [1.807, 2.05) is 0 Å². The van der Waals surface area contributed by atoms with E-state index in [0.29, 0.717) is 4.83 Å². The summed E-state index contributed by atoms with van der Waals surface area (Å²) in [5, 5.41) is 0. The van der Waals surface area contributed by atoms with Gasteiger partial charge in [-0.3, -0.25) is 0 Å². The third-order valence-electron chi connectivity index (χ3n) is 3.62. The van der Waals surface area contributed by atoms with E-state index < -0.39 is 0 Å². The number of benzene rings is 2. The second-order valence-corrected chi connectivity index (χ2v) is 6.03. The SMILES string of the molecule is BrC(CCc1cccc2c1OCC2)c1ccccc1. The molecule has 98 valence electrons. The van der Waals surface area contributed by atoms with Crippen molar-refractivity contribution in [3.05, 3.63) is 65.2 Å². The van der Waals surface area contributed by atoms with Gasteiger partial charge in [-0.15, -0.1) is 0 Å². The van der Waals surface area contributed by atoms with E-state index in [4.69, 9.17) is 4.74 Å². The molecule has 0 aromatic heterocycles. The van der Waals surface area contributed by atoms with Gasteiger partial charge in [0.2, 0.25) is 0 Å². The molecule has 0 amide bonds. The summed E-state index contributed by atoms with van der Waals surface area (Å²) in [6.45, 7) is 0.836. The first-order chi connectivity index (χ1) is 9.34. The van der Waals surface area contributed by atoms with E-state index in [-0.39, 0.29) is 0 Å².